The molecule has 470 valence electrons. The molecule has 0 fully saturated rings. The third-order valence-corrected chi connectivity index (χ3v) is 55.2. The van der Waals surface area contributed by atoms with Gasteiger partial charge in [0.05, 0.1) is 0 Å². The molecule has 2 heterocycles. The zero-order chi connectivity index (χ0) is 59.7. The number of fused-ring (bicyclic) bond motifs is 10. The van der Waals surface area contributed by atoms with E-state index in [2.05, 4.69) is 93.5 Å². The molecule has 4 nitrogen and oxygen atoms in total. The molecule has 0 amide bonds. The van der Waals surface area contributed by atoms with E-state index in [1.54, 1.807) is 44.5 Å². The first kappa shape index (κ1) is 70.9. The van der Waals surface area contributed by atoms with Gasteiger partial charge in [0, 0.05) is 0 Å². The van der Waals surface area contributed by atoms with Crippen LogP contribution in [0.4, 0.5) is 0 Å². The van der Waals surface area contributed by atoms with Crippen molar-refractivity contribution in [2.45, 2.75) is 364 Å². The molecule has 0 atom stereocenters. The molecular formula is C76H126N4Se2Sn2. The fourth-order valence-electron chi connectivity index (χ4n) is 16.9. The molecule has 0 spiro atoms. The van der Waals surface area contributed by atoms with Gasteiger partial charge in [-0.1, -0.05) is 0 Å². The summed E-state index contributed by atoms with van der Waals surface area (Å²) < 4.78 is 35.7. The second-order valence-corrected chi connectivity index (χ2v) is 56.4. The zero-order valence-corrected chi connectivity index (χ0v) is 65.6. The Hall–Kier alpha value is -0.504. The Labute approximate surface area is 539 Å². The van der Waals surface area contributed by atoms with Crippen molar-refractivity contribution in [1.82, 2.24) is 15.9 Å². The monoisotopic (exact) mass is 1490 g/mol. The van der Waals surface area contributed by atoms with Gasteiger partial charge in [-0.3, -0.25) is 0 Å². The average molecular weight is 1490 g/mol. The van der Waals surface area contributed by atoms with E-state index in [0.717, 1.165) is 0 Å². The van der Waals surface area contributed by atoms with Gasteiger partial charge in [-0.15, -0.1) is 0 Å². The van der Waals surface area contributed by atoms with E-state index in [9.17, 15) is 0 Å². The summed E-state index contributed by atoms with van der Waals surface area (Å²) >= 11 is -6.27. The molecule has 0 saturated heterocycles. The Kier molecular flexibility index (Phi) is 31.3. The predicted molar refractivity (Wildman–Crippen MR) is 380 cm³/mol. The molecule has 0 bridgehead atoms. The topological polar surface area (TPSA) is 51.6 Å². The summed E-state index contributed by atoms with van der Waals surface area (Å²) in [6.07, 6.45) is 53.6. The molecule has 2 aliphatic carbocycles. The van der Waals surface area contributed by atoms with Gasteiger partial charge < -0.3 is 0 Å². The van der Waals surface area contributed by atoms with Crippen LogP contribution < -0.4 is 7.16 Å². The van der Waals surface area contributed by atoms with Crippen LogP contribution in [0.2, 0.25) is 26.6 Å². The summed E-state index contributed by atoms with van der Waals surface area (Å²) in [6, 6.07) is 12.0. The van der Waals surface area contributed by atoms with E-state index in [1.807, 2.05) is 7.16 Å². The van der Waals surface area contributed by atoms with Gasteiger partial charge in [-0.25, -0.2) is 0 Å². The SMILES string of the molecule is CCCCCCCCC1(CCCCCCCC)c2cc3c(cc2-c2c1c[c]([Sn]([CH2]CCC)([CH2]CCC)[CH2]CCC)c1n[se]nc21)C(CCCCCCCC)(CCCCCCCC)c1c[c]([Sn]([CH2]CCC)([CH2]CCC)[CH2]CCC)c2n[se]nc2c1-3. The Bertz CT molecular complexity index is 2430. The molecule has 2 aromatic heterocycles. The molecule has 0 radical (unpaired) electrons. The normalized spacial score (nSPS) is 14.3. The van der Waals surface area contributed by atoms with Crippen molar-refractivity contribution in [3.05, 3.63) is 46.5 Å². The van der Waals surface area contributed by atoms with Gasteiger partial charge in [0.2, 0.25) is 0 Å². The van der Waals surface area contributed by atoms with Gasteiger partial charge in [0.15, 0.2) is 0 Å². The Morgan fingerprint density at radius 1 is 0.274 bits per heavy atom. The quantitative estimate of drug-likeness (QED) is 0.0288. The summed E-state index contributed by atoms with van der Waals surface area (Å²) in [5.74, 6) is 0. The fraction of sp³-hybridized carbons (Fsp3) is 0.763. The molecule has 0 saturated carbocycles. The fourth-order valence-corrected chi connectivity index (χ4v) is 53.3. The Morgan fingerprint density at radius 2 is 0.512 bits per heavy atom. The molecule has 7 rings (SSSR count). The number of hydrogen-bond donors (Lipinski definition) is 0. The summed E-state index contributed by atoms with van der Waals surface area (Å²) in [7, 11) is 0. The van der Waals surface area contributed by atoms with Gasteiger partial charge in [0.1, 0.15) is 0 Å². The van der Waals surface area contributed by atoms with Crippen molar-refractivity contribution in [2.75, 3.05) is 0 Å². The van der Waals surface area contributed by atoms with E-state index in [1.165, 1.54) is 306 Å². The number of rotatable bonds is 48. The van der Waals surface area contributed by atoms with Crippen LogP contribution >= 0.6 is 0 Å². The third-order valence-electron chi connectivity index (χ3n) is 21.9. The minimum atomic E-state index is -3.05. The first-order chi connectivity index (χ1) is 41.2. The van der Waals surface area contributed by atoms with Crippen molar-refractivity contribution < 1.29 is 0 Å². The number of unbranched alkanes of at least 4 members (excludes halogenated alkanes) is 26. The van der Waals surface area contributed by atoms with Crippen molar-refractivity contribution in [3.63, 3.8) is 0 Å². The van der Waals surface area contributed by atoms with E-state index < -0.39 is 36.8 Å². The first-order valence-corrected chi connectivity index (χ1v) is 55.1. The summed E-state index contributed by atoms with van der Waals surface area (Å²) in [5.41, 5.74) is 18.8. The van der Waals surface area contributed by atoms with E-state index in [-0.39, 0.29) is 40.8 Å². The summed E-state index contributed by atoms with van der Waals surface area (Å²) in [4.78, 5) is 0. The van der Waals surface area contributed by atoms with Crippen LogP contribution in [-0.4, -0.2) is 82.6 Å². The van der Waals surface area contributed by atoms with E-state index in [4.69, 9.17) is 15.9 Å². The van der Waals surface area contributed by atoms with Crippen LogP contribution in [0, 0.1) is 0 Å². The van der Waals surface area contributed by atoms with E-state index >= 15 is 0 Å². The molecule has 2 aliphatic rings. The maximum absolute atomic E-state index is 5.82. The van der Waals surface area contributed by atoms with Crippen LogP contribution in [0.5, 0.6) is 0 Å². The van der Waals surface area contributed by atoms with Gasteiger partial charge in [-0.05, 0) is 0 Å². The van der Waals surface area contributed by atoms with Gasteiger partial charge >= 0.3 is 544 Å². The van der Waals surface area contributed by atoms with E-state index in [0.29, 0.717) is 0 Å². The number of benzene rings is 3. The summed E-state index contributed by atoms with van der Waals surface area (Å²) in [6.45, 7) is 24.4. The molecule has 0 aliphatic heterocycles. The molecule has 8 heteroatoms. The second kappa shape index (κ2) is 37.1. The van der Waals surface area contributed by atoms with Crippen LogP contribution in [0.1, 0.15) is 348 Å². The third kappa shape index (κ3) is 16.8. The molecule has 84 heavy (non-hydrogen) atoms. The second-order valence-electron chi connectivity index (χ2n) is 28.0. The number of aromatic nitrogens is 4. The molecule has 0 N–H and O–H groups in total. The minimum absolute atomic E-state index is 0.0213. The van der Waals surface area contributed by atoms with Crippen LogP contribution in [-0.2, 0) is 10.8 Å². The average Bonchev–Trinajstić information content (AvgIpc) is 1.53. The zero-order valence-electron chi connectivity index (χ0n) is 56.4. The van der Waals surface area contributed by atoms with Crippen LogP contribution in [0.25, 0.3) is 44.3 Å². The van der Waals surface area contributed by atoms with Crippen LogP contribution in [0.15, 0.2) is 24.3 Å². The number of nitrogens with zero attached hydrogens (tertiary/aromatic N) is 4. The Balaban J connectivity index is 1.60. The number of hydrogen-bond acceptors (Lipinski definition) is 4. The maximum atomic E-state index is 5.82. The van der Waals surface area contributed by atoms with Gasteiger partial charge in [-0.2, -0.15) is 0 Å². The van der Waals surface area contributed by atoms with Gasteiger partial charge in [0.25, 0.3) is 0 Å². The van der Waals surface area contributed by atoms with Crippen molar-refractivity contribution in [1.29, 1.82) is 0 Å². The molecular weight excluding hydrogens is 1360 g/mol. The van der Waals surface area contributed by atoms with Crippen molar-refractivity contribution in [3.8, 4) is 22.3 Å². The van der Waals surface area contributed by atoms with Crippen LogP contribution in [0.3, 0.4) is 0 Å². The molecule has 5 aromatic rings. The summed E-state index contributed by atoms with van der Waals surface area (Å²) in [5, 5.41) is 0. The predicted octanol–water partition coefficient (Wildman–Crippen LogP) is 23.3. The van der Waals surface area contributed by atoms with Crippen molar-refractivity contribution >= 4 is 95.9 Å². The first-order valence-electron chi connectivity index (χ1n) is 37.0. The molecule has 3 aromatic carbocycles. The molecule has 0 unspecified atom stereocenters. The Morgan fingerprint density at radius 3 is 0.774 bits per heavy atom. The van der Waals surface area contributed by atoms with Crippen molar-refractivity contribution in [2.24, 2.45) is 0 Å². The standard InChI is InChI=1S/C52H72N4Se2.6C4H9.2Sn/c1-5-9-13-17-21-25-33-51(34-26-22-18-14-10-6-2)41-29-31-45-49(55-57-53-45)47(41)39-38-44-40(37-43(39)51)48-42(30-32-46-50(48)56-58-54-46)52(44,35-27-23-19-15-11-7-3)36-28-24-20-16-12-8-4;6*1-3-4-2;;/h29-30,37-38H,5-28,33-36H2,1-4H3;6*1,3-4H2,2H3;;.